The van der Waals surface area contributed by atoms with Crippen LogP contribution in [-0.2, 0) is 0 Å². The second-order valence-electron chi connectivity index (χ2n) is 1.55. The third kappa shape index (κ3) is 2.43. The van der Waals surface area contributed by atoms with E-state index in [1.54, 1.807) is 13.1 Å². The van der Waals surface area contributed by atoms with Gasteiger partial charge in [0.25, 0.3) is 0 Å². The number of halogens is 1. The summed E-state index contributed by atoms with van der Waals surface area (Å²) in [5, 5.41) is 11.5. The molecule has 1 rings (SSSR count). The summed E-state index contributed by atoms with van der Waals surface area (Å²) in [6.07, 6.45) is 1.28. The number of aromatic nitrogens is 1. The molecule has 1 aromatic heterocycles. The van der Waals surface area contributed by atoms with Crippen LogP contribution in [0.3, 0.4) is 0 Å². The quantitative estimate of drug-likeness (QED) is 0.766. The van der Waals surface area contributed by atoms with Gasteiger partial charge in [-0.3, -0.25) is 0 Å². The first-order valence-corrected chi connectivity index (χ1v) is 3.26. The smallest absolute Gasteiger partial charge is 0.121 e. The van der Waals surface area contributed by atoms with Crippen LogP contribution in [0.15, 0.2) is 11.6 Å². The summed E-state index contributed by atoms with van der Waals surface area (Å²) in [5.41, 5.74) is 0. The van der Waals surface area contributed by atoms with Crippen molar-refractivity contribution in [1.29, 1.82) is 0 Å². The molecule has 1 heterocycles. The van der Waals surface area contributed by atoms with Gasteiger partial charge in [-0.1, -0.05) is 0 Å². The monoisotopic (exact) mass is 209 g/mol. The number of hydrogen-bond acceptors (Lipinski definition) is 3. The Balaban J connectivity index is 0.000000640. The summed E-state index contributed by atoms with van der Waals surface area (Å²) in [4.78, 5) is 3.88. The number of aliphatic hydroxyl groups is 1. The maximum Gasteiger partial charge on any atom is 0.121 e. The number of aliphatic hydroxyl groups excluding tert-OH is 1. The van der Waals surface area contributed by atoms with Crippen LogP contribution in [0.4, 0.5) is 0 Å². The summed E-state index contributed by atoms with van der Waals surface area (Å²) >= 11 is 1.47. The minimum absolute atomic E-state index is 0. The Morgan fingerprint density at radius 2 is 2.44 bits per heavy atom. The summed E-state index contributed by atoms with van der Waals surface area (Å²) < 4.78 is 0. The van der Waals surface area contributed by atoms with E-state index in [1.165, 1.54) is 11.3 Å². The van der Waals surface area contributed by atoms with Crippen molar-refractivity contribution in [2.75, 3.05) is 0 Å². The highest BCUT2D eigenvalue weighted by molar-refractivity contribution is 8.93. The minimum atomic E-state index is -0.407. The molecule has 0 saturated carbocycles. The van der Waals surface area contributed by atoms with E-state index in [4.69, 9.17) is 5.11 Å². The van der Waals surface area contributed by atoms with E-state index in [-0.39, 0.29) is 17.0 Å². The molecule has 0 bridgehead atoms. The van der Waals surface area contributed by atoms with Crippen LogP contribution in [-0.4, -0.2) is 10.1 Å². The molecule has 0 radical (unpaired) electrons. The predicted molar refractivity (Wildman–Crippen MR) is 43.1 cm³/mol. The fraction of sp³-hybridized carbons (Fsp3) is 0.400. The Morgan fingerprint density at radius 1 is 1.78 bits per heavy atom. The van der Waals surface area contributed by atoms with Gasteiger partial charge in [0.1, 0.15) is 11.1 Å². The summed E-state index contributed by atoms with van der Waals surface area (Å²) in [6, 6.07) is 0. The molecule has 1 aromatic rings. The normalized spacial score (nSPS) is 12.2. The first kappa shape index (κ1) is 9.07. The lowest BCUT2D eigenvalue weighted by atomic mass is 10.4. The Bertz CT molecular complexity index is 152. The van der Waals surface area contributed by atoms with E-state index in [0.29, 0.717) is 0 Å². The molecule has 0 aromatic carbocycles. The fourth-order valence-electron chi connectivity index (χ4n) is 0.441. The lowest BCUT2D eigenvalue weighted by Gasteiger charge is -1.93. The molecule has 9 heavy (non-hydrogen) atoms. The topological polar surface area (TPSA) is 33.1 Å². The average molecular weight is 210 g/mol. The van der Waals surface area contributed by atoms with Gasteiger partial charge in [-0.15, -0.1) is 28.3 Å². The third-order valence-electron chi connectivity index (χ3n) is 0.809. The van der Waals surface area contributed by atoms with Crippen LogP contribution in [0.25, 0.3) is 0 Å². The van der Waals surface area contributed by atoms with Crippen molar-refractivity contribution >= 4 is 28.3 Å². The maximum absolute atomic E-state index is 8.86. The van der Waals surface area contributed by atoms with Gasteiger partial charge in [-0.2, -0.15) is 0 Å². The Kier molecular flexibility index (Phi) is 4.01. The van der Waals surface area contributed by atoms with Gasteiger partial charge in [-0.05, 0) is 6.92 Å². The van der Waals surface area contributed by atoms with E-state index in [0.717, 1.165) is 5.01 Å². The molecular weight excluding hydrogens is 202 g/mol. The standard InChI is InChI=1S/C5H7NOS.BrH/c1-4(7)5-6-2-3-8-5;/h2-4,7H,1H3;1H. The Labute approximate surface area is 68.3 Å². The summed E-state index contributed by atoms with van der Waals surface area (Å²) in [5.74, 6) is 0. The Hall–Kier alpha value is 0.0700. The molecule has 0 saturated heterocycles. The molecule has 0 aliphatic rings. The number of hydrogen-bond donors (Lipinski definition) is 1. The molecule has 0 aliphatic carbocycles. The van der Waals surface area contributed by atoms with E-state index in [2.05, 4.69) is 4.98 Å². The van der Waals surface area contributed by atoms with E-state index in [9.17, 15) is 0 Å². The average Bonchev–Trinajstić information content (AvgIpc) is 2.12. The van der Waals surface area contributed by atoms with Crippen LogP contribution >= 0.6 is 28.3 Å². The van der Waals surface area contributed by atoms with Gasteiger partial charge in [-0.25, -0.2) is 4.98 Å². The van der Waals surface area contributed by atoms with Crippen molar-refractivity contribution in [3.8, 4) is 0 Å². The number of rotatable bonds is 1. The van der Waals surface area contributed by atoms with Crippen LogP contribution in [0, 0.1) is 0 Å². The predicted octanol–water partition coefficient (Wildman–Crippen LogP) is 1.77. The molecule has 0 spiro atoms. The third-order valence-corrected chi connectivity index (χ3v) is 1.75. The molecule has 1 unspecified atom stereocenters. The zero-order chi connectivity index (χ0) is 5.98. The second kappa shape index (κ2) is 3.98. The number of thiazole rings is 1. The minimum Gasteiger partial charge on any atom is -0.386 e. The largest absolute Gasteiger partial charge is 0.386 e. The van der Waals surface area contributed by atoms with Crippen molar-refractivity contribution in [3.05, 3.63) is 16.6 Å². The van der Waals surface area contributed by atoms with Gasteiger partial charge in [0.2, 0.25) is 0 Å². The van der Waals surface area contributed by atoms with Gasteiger partial charge < -0.3 is 5.11 Å². The van der Waals surface area contributed by atoms with Crippen molar-refractivity contribution in [3.63, 3.8) is 0 Å². The highest BCUT2D eigenvalue weighted by Crippen LogP contribution is 2.12. The van der Waals surface area contributed by atoms with Crippen molar-refractivity contribution < 1.29 is 5.11 Å². The lowest BCUT2D eigenvalue weighted by molar-refractivity contribution is 0.199. The van der Waals surface area contributed by atoms with Crippen LogP contribution in [0.2, 0.25) is 0 Å². The van der Waals surface area contributed by atoms with Crippen LogP contribution in [0.1, 0.15) is 18.0 Å². The molecule has 52 valence electrons. The van der Waals surface area contributed by atoms with Gasteiger partial charge >= 0.3 is 0 Å². The first-order chi connectivity index (χ1) is 3.80. The maximum atomic E-state index is 8.86. The zero-order valence-electron chi connectivity index (χ0n) is 4.94. The molecule has 1 N–H and O–H groups in total. The van der Waals surface area contributed by atoms with Crippen LogP contribution < -0.4 is 0 Å². The van der Waals surface area contributed by atoms with E-state index >= 15 is 0 Å². The highest BCUT2D eigenvalue weighted by Gasteiger charge is 1.99. The zero-order valence-corrected chi connectivity index (χ0v) is 7.47. The first-order valence-electron chi connectivity index (χ1n) is 2.38. The lowest BCUT2D eigenvalue weighted by Crippen LogP contribution is -1.86. The molecule has 0 aliphatic heterocycles. The number of nitrogens with zero attached hydrogens (tertiary/aromatic N) is 1. The van der Waals surface area contributed by atoms with Crippen molar-refractivity contribution in [1.82, 2.24) is 4.98 Å². The van der Waals surface area contributed by atoms with Crippen molar-refractivity contribution in [2.24, 2.45) is 0 Å². The van der Waals surface area contributed by atoms with E-state index < -0.39 is 6.10 Å². The molecule has 2 nitrogen and oxygen atoms in total. The molecular formula is C5H8BrNOS. The van der Waals surface area contributed by atoms with Gasteiger partial charge in [0, 0.05) is 11.6 Å². The SMILES string of the molecule is Br.CC(O)c1nccs1. The van der Waals surface area contributed by atoms with Crippen molar-refractivity contribution in [2.45, 2.75) is 13.0 Å². The van der Waals surface area contributed by atoms with Crippen LogP contribution in [0.5, 0.6) is 0 Å². The Morgan fingerprint density at radius 3 is 2.67 bits per heavy atom. The molecule has 0 amide bonds. The molecule has 1 atom stereocenters. The highest BCUT2D eigenvalue weighted by atomic mass is 79.9. The van der Waals surface area contributed by atoms with Gasteiger partial charge in [0.05, 0.1) is 0 Å². The van der Waals surface area contributed by atoms with Gasteiger partial charge in [0.15, 0.2) is 0 Å². The summed E-state index contributed by atoms with van der Waals surface area (Å²) in [6.45, 7) is 1.71. The fourth-order valence-corrected chi connectivity index (χ4v) is 1.02. The summed E-state index contributed by atoms with van der Waals surface area (Å²) in [7, 11) is 0. The second-order valence-corrected chi connectivity index (χ2v) is 2.47. The molecule has 0 fully saturated rings. The van der Waals surface area contributed by atoms with E-state index in [1.807, 2.05) is 5.38 Å². The molecule has 4 heteroatoms.